The number of nitrogens with one attached hydrogen (secondary N) is 2. The van der Waals surface area contributed by atoms with Crippen LogP contribution in [0.15, 0.2) is 10.8 Å². The van der Waals surface area contributed by atoms with E-state index in [0.717, 1.165) is 19.6 Å². The lowest BCUT2D eigenvalue weighted by molar-refractivity contribution is 0.650. The maximum absolute atomic E-state index is 3.37. The normalized spacial score (nSPS) is 10.5. The number of aryl methyl sites for hydroxylation is 1. The van der Waals surface area contributed by atoms with Crippen molar-refractivity contribution in [3.8, 4) is 0 Å². The molecule has 0 aliphatic rings. The van der Waals surface area contributed by atoms with E-state index in [1.54, 1.807) is 11.3 Å². The van der Waals surface area contributed by atoms with Crippen molar-refractivity contribution < 1.29 is 0 Å². The zero-order chi connectivity index (χ0) is 8.81. The first-order chi connectivity index (χ1) is 5.84. The van der Waals surface area contributed by atoms with E-state index < -0.39 is 0 Å². The highest BCUT2D eigenvalue weighted by molar-refractivity contribution is 7.08. The second kappa shape index (κ2) is 5.30. The largest absolute Gasteiger partial charge is 0.318 e. The van der Waals surface area contributed by atoms with Gasteiger partial charge in [-0.3, -0.25) is 0 Å². The lowest BCUT2D eigenvalue weighted by atomic mass is 10.2. The molecule has 68 valence electrons. The van der Waals surface area contributed by atoms with Crippen molar-refractivity contribution >= 4 is 11.3 Å². The zero-order valence-corrected chi connectivity index (χ0v) is 8.50. The molecular formula is C9H16N2S. The number of thiophene rings is 1. The molecule has 2 N–H and O–H groups in total. The topological polar surface area (TPSA) is 24.1 Å². The molecule has 0 saturated heterocycles. The van der Waals surface area contributed by atoms with Crippen LogP contribution in [0.2, 0.25) is 0 Å². The molecule has 1 aromatic heterocycles. The van der Waals surface area contributed by atoms with Gasteiger partial charge in [-0.2, -0.15) is 11.3 Å². The highest BCUT2D eigenvalue weighted by atomic mass is 32.1. The highest BCUT2D eigenvalue weighted by Crippen LogP contribution is 2.12. The third kappa shape index (κ3) is 2.93. The van der Waals surface area contributed by atoms with Gasteiger partial charge in [-0.05, 0) is 35.9 Å². The van der Waals surface area contributed by atoms with Gasteiger partial charge in [0.15, 0.2) is 0 Å². The minimum atomic E-state index is 0.997. The van der Waals surface area contributed by atoms with Gasteiger partial charge in [0.2, 0.25) is 0 Å². The Bertz CT molecular complexity index is 220. The summed E-state index contributed by atoms with van der Waals surface area (Å²) in [6, 6.07) is 0. The van der Waals surface area contributed by atoms with Gasteiger partial charge in [-0.25, -0.2) is 0 Å². The van der Waals surface area contributed by atoms with Crippen molar-refractivity contribution in [2.75, 3.05) is 20.1 Å². The van der Waals surface area contributed by atoms with E-state index in [1.807, 2.05) is 7.05 Å². The van der Waals surface area contributed by atoms with Crippen molar-refractivity contribution in [3.05, 3.63) is 21.9 Å². The number of hydrogen-bond acceptors (Lipinski definition) is 3. The quantitative estimate of drug-likeness (QED) is 0.675. The first-order valence-electron chi connectivity index (χ1n) is 4.21. The molecule has 3 heteroatoms. The average molecular weight is 184 g/mol. The van der Waals surface area contributed by atoms with Crippen LogP contribution in [-0.4, -0.2) is 20.1 Å². The minimum Gasteiger partial charge on any atom is -0.318 e. The van der Waals surface area contributed by atoms with Crippen LogP contribution in [-0.2, 0) is 6.54 Å². The van der Waals surface area contributed by atoms with Gasteiger partial charge in [-0.15, -0.1) is 0 Å². The van der Waals surface area contributed by atoms with E-state index in [-0.39, 0.29) is 0 Å². The summed E-state index contributed by atoms with van der Waals surface area (Å²) in [5, 5.41) is 10.9. The van der Waals surface area contributed by atoms with Crippen molar-refractivity contribution in [1.82, 2.24) is 10.6 Å². The maximum Gasteiger partial charge on any atom is 0.0216 e. The van der Waals surface area contributed by atoms with Gasteiger partial charge < -0.3 is 10.6 Å². The van der Waals surface area contributed by atoms with Crippen LogP contribution >= 0.6 is 11.3 Å². The van der Waals surface area contributed by atoms with Crippen molar-refractivity contribution in [2.24, 2.45) is 0 Å². The van der Waals surface area contributed by atoms with E-state index in [2.05, 4.69) is 28.3 Å². The summed E-state index contributed by atoms with van der Waals surface area (Å²) in [5.74, 6) is 0. The molecule has 0 aromatic carbocycles. The molecule has 0 aliphatic heterocycles. The minimum absolute atomic E-state index is 0.997. The predicted octanol–water partition coefficient (Wildman–Crippen LogP) is 1.37. The average Bonchev–Trinajstić information content (AvgIpc) is 2.46. The van der Waals surface area contributed by atoms with Crippen LogP contribution < -0.4 is 10.6 Å². The Hall–Kier alpha value is -0.380. The molecule has 0 saturated carbocycles. The monoisotopic (exact) mass is 184 g/mol. The molecule has 0 spiro atoms. The molecule has 0 fully saturated rings. The molecule has 0 radical (unpaired) electrons. The van der Waals surface area contributed by atoms with Crippen LogP contribution in [0.5, 0.6) is 0 Å². The molecule has 0 amide bonds. The number of hydrogen-bond donors (Lipinski definition) is 2. The fourth-order valence-corrected chi connectivity index (χ4v) is 1.86. The molecular weight excluding hydrogens is 168 g/mol. The Kier molecular flexibility index (Phi) is 4.29. The van der Waals surface area contributed by atoms with Crippen LogP contribution in [0.3, 0.4) is 0 Å². The Morgan fingerprint density at radius 2 is 2.17 bits per heavy atom. The van der Waals surface area contributed by atoms with Crippen LogP contribution in [0.4, 0.5) is 0 Å². The standard InChI is InChI=1S/C9H16N2S/c1-8-6-12-7-9(8)5-11-4-3-10-2/h6-7,10-11H,3-5H2,1-2H3. The Balaban J connectivity index is 2.20. The smallest absolute Gasteiger partial charge is 0.0216 e. The van der Waals surface area contributed by atoms with Gasteiger partial charge in [0.1, 0.15) is 0 Å². The van der Waals surface area contributed by atoms with Gasteiger partial charge >= 0.3 is 0 Å². The number of likely N-dealkylation sites (N-methyl/N-ethyl adjacent to an activating group) is 1. The van der Waals surface area contributed by atoms with Gasteiger partial charge in [0.25, 0.3) is 0 Å². The van der Waals surface area contributed by atoms with Crippen LogP contribution in [0.1, 0.15) is 11.1 Å². The fourth-order valence-electron chi connectivity index (χ4n) is 1.00. The maximum atomic E-state index is 3.37. The zero-order valence-electron chi connectivity index (χ0n) is 7.68. The van der Waals surface area contributed by atoms with Crippen LogP contribution in [0.25, 0.3) is 0 Å². The SMILES string of the molecule is CNCCNCc1cscc1C. The summed E-state index contributed by atoms with van der Waals surface area (Å²) in [4.78, 5) is 0. The van der Waals surface area contributed by atoms with E-state index in [4.69, 9.17) is 0 Å². The lowest BCUT2D eigenvalue weighted by Gasteiger charge is -2.02. The summed E-state index contributed by atoms with van der Waals surface area (Å²) in [6.45, 7) is 5.22. The predicted molar refractivity (Wildman–Crippen MR) is 54.7 cm³/mol. The summed E-state index contributed by atoms with van der Waals surface area (Å²) in [7, 11) is 1.97. The highest BCUT2D eigenvalue weighted by Gasteiger charge is 1.96. The molecule has 2 nitrogen and oxygen atoms in total. The van der Waals surface area contributed by atoms with Crippen molar-refractivity contribution in [1.29, 1.82) is 0 Å². The van der Waals surface area contributed by atoms with Gasteiger partial charge in [-0.1, -0.05) is 0 Å². The van der Waals surface area contributed by atoms with Gasteiger partial charge in [0.05, 0.1) is 0 Å². The van der Waals surface area contributed by atoms with Gasteiger partial charge in [0, 0.05) is 19.6 Å². The first-order valence-corrected chi connectivity index (χ1v) is 5.16. The molecule has 1 rings (SSSR count). The molecule has 0 aliphatic carbocycles. The van der Waals surface area contributed by atoms with Crippen molar-refractivity contribution in [2.45, 2.75) is 13.5 Å². The molecule has 12 heavy (non-hydrogen) atoms. The molecule has 1 heterocycles. The van der Waals surface area contributed by atoms with Crippen molar-refractivity contribution in [3.63, 3.8) is 0 Å². The summed E-state index contributed by atoms with van der Waals surface area (Å²) >= 11 is 1.77. The third-order valence-electron chi connectivity index (χ3n) is 1.83. The Morgan fingerprint density at radius 1 is 1.33 bits per heavy atom. The van der Waals surface area contributed by atoms with Crippen LogP contribution in [0, 0.1) is 6.92 Å². The molecule has 0 bridgehead atoms. The van der Waals surface area contributed by atoms with E-state index in [1.165, 1.54) is 11.1 Å². The molecule has 1 aromatic rings. The Labute approximate surface area is 78.0 Å². The van der Waals surface area contributed by atoms with E-state index in [0.29, 0.717) is 0 Å². The lowest BCUT2D eigenvalue weighted by Crippen LogP contribution is -2.24. The molecule has 0 atom stereocenters. The second-order valence-corrected chi connectivity index (χ2v) is 3.60. The third-order valence-corrected chi connectivity index (χ3v) is 2.74. The van der Waals surface area contributed by atoms with E-state index in [9.17, 15) is 0 Å². The molecule has 0 unspecified atom stereocenters. The Morgan fingerprint density at radius 3 is 2.75 bits per heavy atom. The second-order valence-electron chi connectivity index (χ2n) is 2.86. The van der Waals surface area contributed by atoms with E-state index >= 15 is 0 Å². The summed E-state index contributed by atoms with van der Waals surface area (Å²) < 4.78 is 0. The fraction of sp³-hybridized carbons (Fsp3) is 0.556. The summed E-state index contributed by atoms with van der Waals surface area (Å²) in [5.41, 5.74) is 2.83. The first kappa shape index (κ1) is 9.71. The number of rotatable bonds is 5. The summed E-state index contributed by atoms with van der Waals surface area (Å²) in [6.07, 6.45) is 0.